The molecule has 0 saturated carbocycles. The number of aromatic amines is 1. The van der Waals surface area contributed by atoms with Gasteiger partial charge in [-0.05, 0) is 36.1 Å². The Morgan fingerprint density at radius 1 is 1.03 bits per heavy atom. The van der Waals surface area contributed by atoms with E-state index in [9.17, 15) is 9.59 Å². The summed E-state index contributed by atoms with van der Waals surface area (Å²) in [6.45, 7) is 3.60. The number of ether oxygens (including phenoxy) is 1. The van der Waals surface area contributed by atoms with Crippen molar-refractivity contribution in [2.45, 2.75) is 39.3 Å². The number of anilines is 2. The molecule has 3 rings (SSSR count). The van der Waals surface area contributed by atoms with Gasteiger partial charge in [0.15, 0.2) is 0 Å². The highest BCUT2D eigenvalue weighted by Gasteiger charge is 2.19. The van der Waals surface area contributed by atoms with Gasteiger partial charge < -0.3 is 15.4 Å². The second-order valence-electron chi connectivity index (χ2n) is 7.50. The first-order valence-corrected chi connectivity index (χ1v) is 10.6. The third kappa shape index (κ3) is 5.57. The largest absolute Gasteiger partial charge is 0.497 e. The van der Waals surface area contributed by atoms with Crippen LogP contribution in [0.3, 0.4) is 0 Å². The van der Waals surface area contributed by atoms with Crippen molar-refractivity contribution in [3.05, 3.63) is 86.6 Å². The molecule has 0 aliphatic carbocycles. The van der Waals surface area contributed by atoms with E-state index in [4.69, 9.17) is 10.5 Å². The number of aromatic nitrogens is 2. The molecule has 0 bridgehead atoms. The number of hydrogen-bond acceptors (Lipinski definition) is 5. The number of unbranched alkanes of at least 4 members (excludes halogenated alkanes) is 1. The lowest BCUT2D eigenvalue weighted by Crippen LogP contribution is -2.39. The molecule has 3 aromatic rings. The second-order valence-corrected chi connectivity index (χ2v) is 7.50. The molecular weight excluding hydrogens is 392 g/mol. The van der Waals surface area contributed by atoms with E-state index in [-0.39, 0.29) is 5.82 Å². The Kier molecular flexibility index (Phi) is 7.54. The monoisotopic (exact) mass is 422 g/mol. The van der Waals surface area contributed by atoms with Crippen LogP contribution in [0.5, 0.6) is 5.75 Å². The van der Waals surface area contributed by atoms with Gasteiger partial charge in [-0.25, -0.2) is 4.79 Å². The van der Waals surface area contributed by atoms with Gasteiger partial charge in [0, 0.05) is 19.6 Å². The third-order valence-corrected chi connectivity index (χ3v) is 5.31. The number of nitrogens with zero attached hydrogens (tertiary/aromatic N) is 2. The number of methoxy groups -OCH3 is 1. The van der Waals surface area contributed by atoms with Crippen LogP contribution in [-0.2, 0) is 19.5 Å². The molecule has 0 unspecified atom stereocenters. The van der Waals surface area contributed by atoms with Crippen molar-refractivity contribution in [1.29, 1.82) is 0 Å². The van der Waals surface area contributed by atoms with Crippen LogP contribution in [-0.4, -0.2) is 23.2 Å². The Labute approximate surface area is 182 Å². The molecule has 0 radical (unpaired) electrons. The van der Waals surface area contributed by atoms with Crippen molar-refractivity contribution in [3.63, 3.8) is 0 Å². The highest BCUT2D eigenvalue weighted by molar-refractivity contribution is 5.62. The molecule has 0 aliphatic heterocycles. The van der Waals surface area contributed by atoms with Gasteiger partial charge in [-0.1, -0.05) is 55.8 Å². The summed E-state index contributed by atoms with van der Waals surface area (Å²) in [5, 5.41) is 0. The number of nitrogens with two attached hydrogens (primary N) is 1. The van der Waals surface area contributed by atoms with Crippen LogP contribution in [0, 0.1) is 0 Å². The predicted molar refractivity (Wildman–Crippen MR) is 125 cm³/mol. The predicted octanol–water partition coefficient (Wildman–Crippen LogP) is 3.18. The maximum atomic E-state index is 12.8. The molecule has 2 aromatic carbocycles. The van der Waals surface area contributed by atoms with E-state index in [1.54, 1.807) is 7.11 Å². The Hall–Kier alpha value is -3.48. The van der Waals surface area contributed by atoms with E-state index in [2.05, 4.69) is 4.98 Å². The lowest BCUT2D eigenvalue weighted by Gasteiger charge is -2.26. The number of benzene rings is 2. The normalized spacial score (nSPS) is 10.8. The first kappa shape index (κ1) is 22.2. The Bertz CT molecular complexity index is 1090. The molecule has 0 atom stereocenters. The molecule has 3 N–H and O–H groups in total. The molecular formula is C24H30N4O3. The van der Waals surface area contributed by atoms with Crippen LogP contribution in [0.4, 0.5) is 11.5 Å². The van der Waals surface area contributed by atoms with E-state index in [0.717, 1.165) is 29.7 Å². The van der Waals surface area contributed by atoms with Gasteiger partial charge in [0.05, 0.1) is 7.11 Å². The fourth-order valence-corrected chi connectivity index (χ4v) is 3.55. The summed E-state index contributed by atoms with van der Waals surface area (Å²) in [5.74, 6) is 1.02. The molecule has 164 valence electrons. The number of H-pyrrole nitrogens is 1. The van der Waals surface area contributed by atoms with E-state index >= 15 is 0 Å². The molecule has 0 amide bonds. The van der Waals surface area contributed by atoms with Crippen LogP contribution < -0.4 is 26.6 Å². The Morgan fingerprint density at radius 3 is 2.39 bits per heavy atom. The summed E-state index contributed by atoms with van der Waals surface area (Å²) >= 11 is 0. The molecule has 0 saturated heterocycles. The highest BCUT2D eigenvalue weighted by Crippen LogP contribution is 2.21. The van der Waals surface area contributed by atoms with Crippen molar-refractivity contribution in [2.24, 2.45) is 0 Å². The molecule has 7 nitrogen and oxygen atoms in total. The van der Waals surface area contributed by atoms with Crippen molar-refractivity contribution in [2.75, 3.05) is 24.3 Å². The SMILES string of the molecule is CCCCn1c(N)c(N(CCc2ccc(OC)cc2)Cc2ccccc2)c(=O)[nH]c1=O. The lowest BCUT2D eigenvalue weighted by molar-refractivity contribution is 0.414. The average molecular weight is 423 g/mol. The molecule has 0 fully saturated rings. The van der Waals surface area contributed by atoms with Gasteiger partial charge >= 0.3 is 5.69 Å². The summed E-state index contributed by atoms with van der Waals surface area (Å²) in [6, 6.07) is 17.8. The molecule has 31 heavy (non-hydrogen) atoms. The molecule has 1 aromatic heterocycles. The van der Waals surface area contributed by atoms with Crippen LogP contribution >= 0.6 is 0 Å². The van der Waals surface area contributed by atoms with Crippen LogP contribution in [0.25, 0.3) is 0 Å². The maximum Gasteiger partial charge on any atom is 0.330 e. The number of nitrogens with one attached hydrogen (secondary N) is 1. The van der Waals surface area contributed by atoms with Crippen molar-refractivity contribution < 1.29 is 4.74 Å². The van der Waals surface area contributed by atoms with Crippen LogP contribution in [0.2, 0.25) is 0 Å². The number of nitrogen functional groups attached to an aromatic ring is 1. The fraction of sp³-hybridized carbons (Fsp3) is 0.333. The summed E-state index contributed by atoms with van der Waals surface area (Å²) in [4.78, 5) is 29.5. The summed E-state index contributed by atoms with van der Waals surface area (Å²) in [7, 11) is 1.64. The van der Waals surface area contributed by atoms with E-state index < -0.39 is 11.2 Å². The maximum absolute atomic E-state index is 12.8. The summed E-state index contributed by atoms with van der Waals surface area (Å²) < 4.78 is 6.69. The lowest BCUT2D eigenvalue weighted by atomic mass is 10.1. The van der Waals surface area contributed by atoms with Gasteiger partial charge in [0.2, 0.25) is 0 Å². The zero-order chi connectivity index (χ0) is 22.2. The standard InChI is InChI=1S/C24H30N4O3/c1-3-4-15-28-22(25)21(23(29)26-24(28)30)27(17-19-8-6-5-7-9-19)16-14-18-10-12-20(31-2)13-11-18/h5-13H,3-4,14-17,25H2,1-2H3,(H,26,29,30). The first-order valence-electron chi connectivity index (χ1n) is 10.6. The molecule has 1 heterocycles. The second kappa shape index (κ2) is 10.5. The smallest absolute Gasteiger partial charge is 0.330 e. The number of rotatable bonds is 10. The number of hydrogen-bond donors (Lipinski definition) is 2. The van der Waals surface area contributed by atoms with Crippen molar-refractivity contribution >= 4 is 11.5 Å². The zero-order valence-corrected chi connectivity index (χ0v) is 18.1. The van der Waals surface area contributed by atoms with Gasteiger partial charge in [0.25, 0.3) is 5.56 Å². The highest BCUT2D eigenvalue weighted by atomic mass is 16.5. The topological polar surface area (TPSA) is 93.3 Å². The van der Waals surface area contributed by atoms with Gasteiger partial charge in [-0.3, -0.25) is 14.3 Å². The van der Waals surface area contributed by atoms with Crippen LogP contribution in [0.15, 0.2) is 64.2 Å². The van der Waals surface area contributed by atoms with Gasteiger partial charge in [-0.2, -0.15) is 0 Å². The molecule has 0 aliphatic rings. The zero-order valence-electron chi connectivity index (χ0n) is 18.1. The van der Waals surface area contributed by atoms with E-state index in [1.165, 1.54) is 4.57 Å². The quantitative estimate of drug-likeness (QED) is 0.523. The minimum Gasteiger partial charge on any atom is -0.497 e. The van der Waals surface area contributed by atoms with E-state index in [0.29, 0.717) is 31.7 Å². The van der Waals surface area contributed by atoms with Gasteiger partial charge in [-0.15, -0.1) is 0 Å². The van der Waals surface area contributed by atoms with Gasteiger partial charge in [0.1, 0.15) is 17.3 Å². The minimum atomic E-state index is -0.463. The summed E-state index contributed by atoms with van der Waals surface area (Å²) in [6.07, 6.45) is 2.44. The summed E-state index contributed by atoms with van der Waals surface area (Å²) in [5.41, 5.74) is 7.97. The first-order chi connectivity index (χ1) is 15.0. The molecule has 7 heteroatoms. The van der Waals surface area contributed by atoms with Crippen molar-refractivity contribution in [1.82, 2.24) is 9.55 Å². The third-order valence-electron chi connectivity index (χ3n) is 5.31. The minimum absolute atomic E-state index is 0.216. The van der Waals surface area contributed by atoms with E-state index in [1.807, 2.05) is 66.4 Å². The Morgan fingerprint density at radius 2 is 1.74 bits per heavy atom. The Balaban J connectivity index is 1.95. The fourth-order valence-electron chi connectivity index (χ4n) is 3.55. The molecule has 0 spiro atoms. The van der Waals surface area contributed by atoms with Crippen LogP contribution in [0.1, 0.15) is 30.9 Å². The average Bonchev–Trinajstić information content (AvgIpc) is 2.78. The van der Waals surface area contributed by atoms with Crippen molar-refractivity contribution in [3.8, 4) is 5.75 Å².